The molecule has 116 valence electrons. The predicted molar refractivity (Wildman–Crippen MR) is 85.7 cm³/mol. The summed E-state index contributed by atoms with van der Waals surface area (Å²) in [5, 5.41) is 0. The standard InChI is InChI=1S/C14H20N2O3S2/c15-14(20)12-7-3-4-8-13(12)21(17,18)16-9-10-19-11-5-1-2-6-11/h3-4,7-8,11,16H,1-2,5-6,9-10H2,(H2,15,20). The second kappa shape index (κ2) is 7.31. The van der Waals surface area contributed by atoms with Crippen LogP contribution in [0.5, 0.6) is 0 Å². The molecule has 21 heavy (non-hydrogen) atoms. The molecule has 0 aromatic heterocycles. The quantitative estimate of drug-likeness (QED) is 0.586. The number of sulfonamides is 1. The summed E-state index contributed by atoms with van der Waals surface area (Å²) in [6.45, 7) is 0.615. The van der Waals surface area contributed by atoms with E-state index in [1.807, 2.05) is 0 Å². The Hall–Kier alpha value is -1.02. The topological polar surface area (TPSA) is 81.4 Å². The molecule has 1 aliphatic rings. The first-order valence-corrected chi connectivity index (χ1v) is 8.90. The molecule has 1 saturated carbocycles. The minimum atomic E-state index is -3.63. The normalized spacial score (nSPS) is 16.2. The van der Waals surface area contributed by atoms with Crippen LogP contribution < -0.4 is 10.5 Å². The van der Waals surface area contributed by atoms with Crippen LogP contribution in [0.2, 0.25) is 0 Å². The molecule has 0 spiro atoms. The Morgan fingerprint density at radius 3 is 2.67 bits per heavy atom. The van der Waals surface area contributed by atoms with Gasteiger partial charge in [0.25, 0.3) is 0 Å². The zero-order chi connectivity index (χ0) is 15.3. The minimum Gasteiger partial charge on any atom is -0.389 e. The van der Waals surface area contributed by atoms with Crippen LogP contribution in [0.15, 0.2) is 29.2 Å². The maximum atomic E-state index is 12.3. The molecule has 5 nitrogen and oxygen atoms in total. The lowest BCUT2D eigenvalue weighted by atomic mass is 10.2. The molecular weight excluding hydrogens is 308 g/mol. The molecular formula is C14H20N2O3S2. The Balaban J connectivity index is 1.93. The van der Waals surface area contributed by atoms with Crippen molar-refractivity contribution >= 4 is 27.2 Å². The van der Waals surface area contributed by atoms with Gasteiger partial charge in [0, 0.05) is 12.1 Å². The van der Waals surface area contributed by atoms with Crippen LogP contribution in [0.4, 0.5) is 0 Å². The second-order valence-electron chi connectivity index (χ2n) is 5.04. The average molecular weight is 328 g/mol. The minimum absolute atomic E-state index is 0.0678. The monoisotopic (exact) mass is 328 g/mol. The van der Waals surface area contributed by atoms with E-state index in [0.29, 0.717) is 12.2 Å². The van der Waals surface area contributed by atoms with Gasteiger partial charge in [-0.3, -0.25) is 0 Å². The zero-order valence-corrected chi connectivity index (χ0v) is 13.4. The molecule has 0 atom stereocenters. The van der Waals surface area contributed by atoms with Crippen LogP contribution in [0, 0.1) is 0 Å². The van der Waals surface area contributed by atoms with Gasteiger partial charge in [0.05, 0.1) is 17.6 Å². The number of hydrogen-bond acceptors (Lipinski definition) is 4. The molecule has 0 unspecified atom stereocenters. The van der Waals surface area contributed by atoms with E-state index >= 15 is 0 Å². The van der Waals surface area contributed by atoms with Gasteiger partial charge in [-0.25, -0.2) is 13.1 Å². The number of ether oxygens (including phenoxy) is 1. The molecule has 1 aromatic rings. The van der Waals surface area contributed by atoms with Crippen LogP contribution in [-0.4, -0.2) is 32.7 Å². The molecule has 0 amide bonds. The maximum Gasteiger partial charge on any atom is 0.241 e. The fourth-order valence-corrected chi connectivity index (χ4v) is 3.91. The van der Waals surface area contributed by atoms with Gasteiger partial charge >= 0.3 is 0 Å². The van der Waals surface area contributed by atoms with Crippen molar-refractivity contribution in [2.45, 2.75) is 36.7 Å². The van der Waals surface area contributed by atoms with Crippen LogP contribution in [0.1, 0.15) is 31.2 Å². The summed E-state index contributed by atoms with van der Waals surface area (Å²) in [6.07, 6.45) is 4.79. The van der Waals surface area contributed by atoms with Crippen molar-refractivity contribution in [2.75, 3.05) is 13.2 Å². The summed E-state index contributed by atoms with van der Waals surface area (Å²) in [4.78, 5) is 0.177. The van der Waals surface area contributed by atoms with E-state index in [-0.39, 0.29) is 22.5 Å². The molecule has 0 aliphatic heterocycles. The molecule has 0 heterocycles. The number of thiocarbonyl (C=S) groups is 1. The van der Waals surface area contributed by atoms with E-state index in [2.05, 4.69) is 4.72 Å². The molecule has 0 radical (unpaired) electrons. The summed E-state index contributed by atoms with van der Waals surface area (Å²) in [5.74, 6) is 0. The summed E-state index contributed by atoms with van der Waals surface area (Å²) in [6, 6.07) is 6.45. The van der Waals surface area contributed by atoms with Crippen LogP contribution in [0.25, 0.3) is 0 Å². The fraction of sp³-hybridized carbons (Fsp3) is 0.500. The van der Waals surface area contributed by atoms with Crippen molar-refractivity contribution in [1.29, 1.82) is 0 Å². The summed E-state index contributed by atoms with van der Waals surface area (Å²) in [5.41, 5.74) is 5.92. The van der Waals surface area contributed by atoms with Crippen LogP contribution in [-0.2, 0) is 14.8 Å². The second-order valence-corrected chi connectivity index (χ2v) is 7.21. The van der Waals surface area contributed by atoms with Gasteiger partial charge < -0.3 is 10.5 Å². The first kappa shape index (κ1) is 16.4. The summed E-state index contributed by atoms with van der Waals surface area (Å²) in [7, 11) is -3.63. The largest absolute Gasteiger partial charge is 0.389 e. The first-order valence-electron chi connectivity index (χ1n) is 7.01. The third kappa shape index (κ3) is 4.47. The van der Waals surface area contributed by atoms with E-state index in [1.165, 1.54) is 18.9 Å². The van der Waals surface area contributed by atoms with Crippen molar-refractivity contribution in [3.8, 4) is 0 Å². The van der Waals surface area contributed by atoms with Gasteiger partial charge in [-0.05, 0) is 18.9 Å². The highest BCUT2D eigenvalue weighted by molar-refractivity contribution is 7.89. The van der Waals surface area contributed by atoms with Gasteiger partial charge in [-0.2, -0.15) is 0 Å². The van der Waals surface area contributed by atoms with Crippen molar-refractivity contribution in [3.05, 3.63) is 29.8 Å². The van der Waals surface area contributed by atoms with Crippen molar-refractivity contribution < 1.29 is 13.2 Å². The highest BCUT2D eigenvalue weighted by Crippen LogP contribution is 2.20. The molecule has 7 heteroatoms. The van der Waals surface area contributed by atoms with Crippen LogP contribution in [0.3, 0.4) is 0 Å². The Labute approximate surface area is 130 Å². The fourth-order valence-electron chi connectivity index (χ4n) is 2.44. The van der Waals surface area contributed by atoms with Crippen molar-refractivity contribution in [2.24, 2.45) is 5.73 Å². The highest BCUT2D eigenvalue weighted by atomic mass is 32.2. The molecule has 1 fully saturated rings. The molecule has 0 saturated heterocycles. The third-order valence-electron chi connectivity index (χ3n) is 3.49. The number of benzene rings is 1. The lowest BCUT2D eigenvalue weighted by molar-refractivity contribution is 0.0626. The smallest absolute Gasteiger partial charge is 0.241 e. The van der Waals surface area contributed by atoms with Gasteiger partial charge in [0.15, 0.2) is 0 Å². The van der Waals surface area contributed by atoms with E-state index in [0.717, 1.165) is 12.8 Å². The van der Waals surface area contributed by atoms with Crippen LogP contribution >= 0.6 is 12.2 Å². The first-order chi connectivity index (χ1) is 10.0. The number of nitrogens with two attached hydrogens (primary N) is 1. The van der Waals surface area contributed by atoms with Crippen molar-refractivity contribution in [3.63, 3.8) is 0 Å². The Bertz CT molecular complexity index is 596. The SMILES string of the molecule is NC(=S)c1ccccc1S(=O)(=O)NCCOC1CCCC1. The molecule has 1 aromatic carbocycles. The molecule has 1 aliphatic carbocycles. The van der Waals surface area contributed by atoms with E-state index in [1.54, 1.807) is 18.2 Å². The lowest BCUT2D eigenvalue weighted by Gasteiger charge is -2.13. The lowest BCUT2D eigenvalue weighted by Crippen LogP contribution is -2.30. The van der Waals surface area contributed by atoms with Gasteiger partial charge in [-0.1, -0.05) is 43.3 Å². The predicted octanol–water partition coefficient (Wildman–Crippen LogP) is 1.56. The van der Waals surface area contributed by atoms with E-state index in [9.17, 15) is 8.42 Å². The van der Waals surface area contributed by atoms with E-state index in [4.69, 9.17) is 22.7 Å². The van der Waals surface area contributed by atoms with Crippen molar-refractivity contribution in [1.82, 2.24) is 4.72 Å². The summed E-state index contributed by atoms with van der Waals surface area (Å²) < 4.78 is 32.7. The molecule has 2 rings (SSSR count). The molecule has 0 bridgehead atoms. The number of nitrogens with one attached hydrogen (secondary N) is 1. The average Bonchev–Trinajstić information content (AvgIpc) is 2.97. The van der Waals surface area contributed by atoms with E-state index < -0.39 is 10.0 Å². The zero-order valence-electron chi connectivity index (χ0n) is 11.7. The number of rotatable bonds is 7. The number of hydrogen-bond donors (Lipinski definition) is 2. The van der Waals surface area contributed by atoms with Gasteiger partial charge in [-0.15, -0.1) is 0 Å². The maximum absolute atomic E-state index is 12.3. The molecule has 3 N–H and O–H groups in total. The Kier molecular flexibility index (Phi) is 5.69. The Morgan fingerprint density at radius 2 is 2.00 bits per heavy atom. The summed E-state index contributed by atoms with van der Waals surface area (Å²) >= 11 is 4.89. The third-order valence-corrected chi connectivity index (χ3v) is 5.23. The van der Waals surface area contributed by atoms with Gasteiger partial charge in [0.1, 0.15) is 4.99 Å². The van der Waals surface area contributed by atoms with Gasteiger partial charge in [0.2, 0.25) is 10.0 Å². The Morgan fingerprint density at radius 1 is 1.33 bits per heavy atom. The highest BCUT2D eigenvalue weighted by Gasteiger charge is 2.19.